The van der Waals surface area contributed by atoms with Crippen LogP contribution in [0.1, 0.15) is 17.5 Å². The molecule has 24 heavy (non-hydrogen) atoms. The molecule has 0 saturated heterocycles. The normalized spacial score (nSPS) is 14.1. The second kappa shape index (κ2) is 6.71. The van der Waals surface area contributed by atoms with Crippen LogP contribution in [-0.2, 0) is 6.61 Å². The fourth-order valence-electron chi connectivity index (χ4n) is 2.84. The van der Waals surface area contributed by atoms with Gasteiger partial charge in [0, 0.05) is 30.2 Å². The molecule has 4 rings (SSSR count). The summed E-state index contributed by atoms with van der Waals surface area (Å²) in [5.74, 6) is 1.81. The lowest BCUT2D eigenvalue weighted by Crippen LogP contribution is -2.30. The molecule has 0 amide bonds. The fraction of sp³-hybridized carbons (Fsp3) is 0.200. The first-order valence-electron chi connectivity index (χ1n) is 8.24. The van der Waals surface area contributed by atoms with E-state index in [1.165, 1.54) is 0 Å². The predicted molar refractivity (Wildman–Crippen MR) is 96.5 cm³/mol. The van der Waals surface area contributed by atoms with Crippen LogP contribution in [0.5, 0.6) is 5.75 Å². The number of rotatable bonds is 4. The second-order valence-corrected chi connectivity index (χ2v) is 5.83. The number of fused-ring (bicyclic) bond motifs is 1. The monoisotopic (exact) mass is 317 g/mol. The van der Waals surface area contributed by atoms with Gasteiger partial charge in [-0.3, -0.25) is 9.98 Å². The molecule has 0 spiro atoms. The summed E-state index contributed by atoms with van der Waals surface area (Å²) in [6.45, 7) is 2.43. The van der Waals surface area contributed by atoms with Gasteiger partial charge < -0.3 is 10.1 Å². The van der Waals surface area contributed by atoms with Crippen molar-refractivity contribution in [2.45, 2.75) is 13.0 Å². The largest absolute Gasteiger partial charge is 0.487 e. The number of aromatic nitrogens is 1. The van der Waals surface area contributed by atoms with Gasteiger partial charge in [-0.1, -0.05) is 42.5 Å². The summed E-state index contributed by atoms with van der Waals surface area (Å²) in [6.07, 6.45) is 2.90. The Labute approximate surface area is 141 Å². The van der Waals surface area contributed by atoms with Crippen LogP contribution in [0.25, 0.3) is 10.9 Å². The molecule has 3 aromatic rings. The van der Waals surface area contributed by atoms with Gasteiger partial charge in [0.05, 0.1) is 0 Å². The van der Waals surface area contributed by atoms with E-state index >= 15 is 0 Å². The van der Waals surface area contributed by atoms with Crippen molar-refractivity contribution in [2.24, 2.45) is 4.99 Å². The van der Waals surface area contributed by atoms with Crippen molar-refractivity contribution in [3.05, 3.63) is 71.9 Å². The number of aliphatic imine (C=N–C) groups is 1. The SMILES string of the molecule is c1cnc2c(OCc3ccc(C4=NCCCN4)cc3)cccc2c1. The van der Waals surface area contributed by atoms with Gasteiger partial charge in [0.1, 0.15) is 23.7 Å². The Bertz CT molecular complexity index is 866. The molecular formula is C20H19N3O. The van der Waals surface area contributed by atoms with E-state index < -0.39 is 0 Å². The van der Waals surface area contributed by atoms with Crippen LogP contribution in [0.2, 0.25) is 0 Å². The molecule has 2 aromatic carbocycles. The van der Waals surface area contributed by atoms with Crippen LogP contribution in [0.15, 0.2) is 65.8 Å². The third-order valence-corrected chi connectivity index (χ3v) is 4.11. The van der Waals surface area contributed by atoms with Gasteiger partial charge in [0.2, 0.25) is 0 Å². The van der Waals surface area contributed by atoms with Gasteiger partial charge in [-0.05, 0) is 24.1 Å². The number of benzene rings is 2. The Hall–Kier alpha value is -2.88. The molecule has 4 heteroatoms. The van der Waals surface area contributed by atoms with Crippen molar-refractivity contribution in [2.75, 3.05) is 13.1 Å². The van der Waals surface area contributed by atoms with Gasteiger partial charge in [-0.25, -0.2) is 0 Å². The van der Waals surface area contributed by atoms with Gasteiger partial charge in [0.15, 0.2) is 0 Å². The number of para-hydroxylation sites is 1. The third-order valence-electron chi connectivity index (χ3n) is 4.11. The number of hydrogen-bond donors (Lipinski definition) is 1. The minimum Gasteiger partial charge on any atom is -0.487 e. The zero-order valence-electron chi connectivity index (χ0n) is 13.4. The lowest BCUT2D eigenvalue weighted by atomic mass is 10.1. The molecule has 0 radical (unpaired) electrons. The van der Waals surface area contributed by atoms with Gasteiger partial charge >= 0.3 is 0 Å². The van der Waals surface area contributed by atoms with Crippen LogP contribution < -0.4 is 10.1 Å². The molecule has 0 aliphatic carbocycles. The molecule has 1 aliphatic rings. The maximum Gasteiger partial charge on any atom is 0.146 e. The number of pyridine rings is 1. The van der Waals surface area contributed by atoms with Crippen molar-refractivity contribution in [3.8, 4) is 5.75 Å². The van der Waals surface area contributed by atoms with Gasteiger partial charge in [-0.2, -0.15) is 0 Å². The maximum absolute atomic E-state index is 5.98. The van der Waals surface area contributed by atoms with E-state index in [1.54, 1.807) is 6.20 Å². The lowest BCUT2D eigenvalue weighted by molar-refractivity contribution is 0.309. The lowest BCUT2D eigenvalue weighted by Gasteiger charge is -2.15. The van der Waals surface area contributed by atoms with Crippen molar-refractivity contribution in [1.82, 2.24) is 10.3 Å². The van der Waals surface area contributed by atoms with Crippen molar-refractivity contribution < 1.29 is 4.74 Å². The molecule has 1 aromatic heterocycles. The maximum atomic E-state index is 5.98. The van der Waals surface area contributed by atoms with Crippen LogP contribution in [0, 0.1) is 0 Å². The summed E-state index contributed by atoms with van der Waals surface area (Å²) in [5, 5.41) is 4.43. The summed E-state index contributed by atoms with van der Waals surface area (Å²) in [7, 11) is 0. The standard InChI is InChI=1S/C20H19N3O/c1-4-16-5-2-11-21-19(16)18(6-1)24-14-15-7-9-17(10-8-15)20-22-12-3-13-23-20/h1-2,4-11H,3,12-14H2,(H,22,23). The smallest absolute Gasteiger partial charge is 0.146 e. The van der Waals surface area contributed by atoms with E-state index in [0.717, 1.165) is 53.1 Å². The average molecular weight is 317 g/mol. The molecule has 0 atom stereocenters. The number of nitrogens with one attached hydrogen (secondary N) is 1. The summed E-state index contributed by atoms with van der Waals surface area (Å²) < 4.78 is 5.98. The Balaban J connectivity index is 1.48. The van der Waals surface area contributed by atoms with Crippen LogP contribution in [0.3, 0.4) is 0 Å². The third kappa shape index (κ3) is 3.08. The number of amidine groups is 1. The molecule has 2 heterocycles. The first kappa shape index (κ1) is 14.7. The Morgan fingerprint density at radius 3 is 2.71 bits per heavy atom. The van der Waals surface area contributed by atoms with Crippen LogP contribution in [-0.4, -0.2) is 23.9 Å². The van der Waals surface area contributed by atoms with Gasteiger partial charge in [0.25, 0.3) is 0 Å². The number of nitrogens with zero attached hydrogens (tertiary/aromatic N) is 2. The highest BCUT2D eigenvalue weighted by molar-refractivity contribution is 5.99. The second-order valence-electron chi connectivity index (χ2n) is 5.83. The highest BCUT2D eigenvalue weighted by atomic mass is 16.5. The van der Waals surface area contributed by atoms with E-state index in [1.807, 2.05) is 30.3 Å². The first-order chi connectivity index (χ1) is 11.9. The molecule has 0 unspecified atom stereocenters. The van der Waals surface area contributed by atoms with Crippen LogP contribution >= 0.6 is 0 Å². The zero-order chi connectivity index (χ0) is 16.2. The van der Waals surface area contributed by atoms with E-state index in [0.29, 0.717) is 6.61 Å². The zero-order valence-corrected chi connectivity index (χ0v) is 13.4. The summed E-state index contributed by atoms with van der Waals surface area (Å²) in [6, 6.07) is 18.4. The number of hydrogen-bond acceptors (Lipinski definition) is 4. The molecule has 120 valence electrons. The molecule has 1 aliphatic heterocycles. The number of ether oxygens (including phenoxy) is 1. The average Bonchev–Trinajstić information content (AvgIpc) is 2.67. The molecule has 4 nitrogen and oxygen atoms in total. The summed E-state index contributed by atoms with van der Waals surface area (Å²) >= 11 is 0. The quantitative estimate of drug-likeness (QED) is 0.800. The Morgan fingerprint density at radius 2 is 1.88 bits per heavy atom. The van der Waals surface area contributed by atoms with E-state index in [4.69, 9.17) is 4.74 Å². The van der Waals surface area contributed by atoms with E-state index in [2.05, 4.69) is 39.6 Å². The highest BCUT2D eigenvalue weighted by Gasteiger charge is 2.07. The Kier molecular flexibility index (Phi) is 4.11. The minimum absolute atomic E-state index is 0.524. The molecular weight excluding hydrogens is 298 g/mol. The van der Waals surface area contributed by atoms with Crippen molar-refractivity contribution in [1.29, 1.82) is 0 Å². The molecule has 0 bridgehead atoms. The summed E-state index contributed by atoms with van der Waals surface area (Å²) in [4.78, 5) is 8.94. The molecule has 0 fully saturated rings. The molecule has 1 N–H and O–H groups in total. The minimum atomic E-state index is 0.524. The highest BCUT2D eigenvalue weighted by Crippen LogP contribution is 2.23. The summed E-state index contributed by atoms with van der Waals surface area (Å²) in [5.41, 5.74) is 3.16. The van der Waals surface area contributed by atoms with Crippen molar-refractivity contribution in [3.63, 3.8) is 0 Å². The topological polar surface area (TPSA) is 46.5 Å². The van der Waals surface area contributed by atoms with Crippen LogP contribution in [0.4, 0.5) is 0 Å². The molecule has 0 saturated carbocycles. The Morgan fingerprint density at radius 1 is 1.00 bits per heavy atom. The van der Waals surface area contributed by atoms with E-state index in [9.17, 15) is 0 Å². The predicted octanol–water partition coefficient (Wildman–Crippen LogP) is 3.55. The van der Waals surface area contributed by atoms with Gasteiger partial charge in [-0.15, -0.1) is 0 Å². The fourth-order valence-corrected chi connectivity index (χ4v) is 2.84. The first-order valence-corrected chi connectivity index (χ1v) is 8.24. The van der Waals surface area contributed by atoms with Crippen molar-refractivity contribution >= 4 is 16.7 Å². The van der Waals surface area contributed by atoms with E-state index in [-0.39, 0.29) is 0 Å².